The molecule has 2 N–H and O–H groups in total. The molecule has 0 saturated heterocycles. The second-order valence-electron chi connectivity index (χ2n) is 6.55. The number of hydrazone groups is 1. The van der Waals surface area contributed by atoms with Crippen molar-refractivity contribution in [2.24, 2.45) is 5.10 Å². The number of nitrogens with zero attached hydrogens (tertiary/aromatic N) is 1. The van der Waals surface area contributed by atoms with Gasteiger partial charge < -0.3 is 10.1 Å². The number of aryl methyl sites for hydroxylation is 1. The third-order valence-corrected chi connectivity index (χ3v) is 5.24. The number of ether oxygens (including phenoxy) is 1. The van der Waals surface area contributed by atoms with Crippen LogP contribution in [0.4, 0.5) is 5.69 Å². The molecule has 0 fully saturated rings. The van der Waals surface area contributed by atoms with Crippen LogP contribution in [0.3, 0.4) is 0 Å². The lowest BCUT2D eigenvalue weighted by Crippen LogP contribution is -2.32. The van der Waals surface area contributed by atoms with E-state index < -0.39 is 17.8 Å². The summed E-state index contributed by atoms with van der Waals surface area (Å²) in [6, 6.07) is 18.8. The van der Waals surface area contributed by atoms with E-state index in [0.717, 1.165) is 10.0 Å². The summed E-state index contributed by atoms with van der Waals surface area (Å²) in [7, 11) is 0. The lowest BCUT2D eigenvalue weighted by atomic mass is 10.1. The monoisotopic (exact) mass is 557 g/mol. The molecule has 0 bridgehead atoms. The van der Waals surface area contributed by atoms with E-state index >= 15 is 0 Å². The van der Waals surface area contributed by atoms with Gasteiger partial charge in [0.2, 0.25) is 0 Å². The zero-order valence-electron chi connectivity index (χ0n) is 16.8. The van der Waals surface area contributed by atoms with Crippen LogP contribution in [-0.2, 0) is 9.59 Å². The van der Waals surface area contributed by atoms with Gasteiger partial charge in [0, 0.05) is 20.2 Å². The Bertz CT molecular complexity index is 1190. The van der Waals surface area contributed by atoms with E-state index in [1.807, 2.05) is 19.1 Å². The fourth-order valence-electron chi connectivity index (χ4n) is 2.60. The molecule has 3 aromatic rings. The molecule has 0 heterocycles. The highest BCUT2D eigenvalue weighted by Gasteiger charge is 2.15. The number of amides is 2. The number of carbonyl (C=O) groups excluding carboxylic acids is 3. The first-order chi connectivity index (χ1) is 15.3. The molecule has 7 nitrogen and oxygen atoms in total. The molecule has 162 valence electrons. The zero-order chi connectivity index (χ0) is 23.1. The van der Waals surface area contributed by atoms with Crippen molar-refractivity contribution in [2.45, 2.75) is 6.92 Å². The maximum absolute atomic E-state index is 12.5. The number of anilines is 1. The lowest BCUT2D eigenvalue weighted by Gasteiger charge is -2.09. The van der Waals surface area contributed by atoms with E-state index in [1.165, 1.54) is 6.21 Å². The average Bonchev–Trinajstić information content (AvgIpc) is 2.77. The molecule has 3 rings (SSSR count). The van der Waals surface area contributed by atoms with Crippen molar-refractivity contribution in [1.29, 1.82) is 0 Å². The van der Waals surface area contributed by atoms with E-state index in [4.69, 9.17) is 4.74 Å². The number of carbonyl (C=O) groups is 3. The van der Waals surface area contributed by atoms with Crippen molar-refractivity contribution in [1.82, 2.24) is 5.43 Å². The Hall–Kier alpha value is -3.30. The average molecular weight is 559 g/mol. The van der Waals surface area contributed by atoms with E-state index in [9.17, 15) is 14.4 Å². The minimum atomic E-state index is -0.947. The number of nitrogens with one attached hydrogen (secondary N) is 2. The third kappa shape index (κ3) is 6.35. The van der Waals surface area contributed by atoms with Gasteiger partial charge in [0.25, 0.3) is 0 Å². The van der Waals surface area contributed by atoms with Crippen LogP contribution in [-0.4, -0.2) is 24.0 Å². The van der Waals surface area contributed by atoms with Crippen LogP contribution < -0.4 is 15.5 Å². The Balaban J connectivity index is 1.67. The van der Waals surface area contributed by atoms with Gasteiger partial charge in [-0.15, -0.1) is 0 Å². The molecule has 0 unspecified atom stereocenters. The number of hydrogen-bond donors (Lipinski definition) is 2. The third-order valence-electron chi connectivity index (χ3n) is 4.22. The van der Waals surface area contributed by atoms with Gasteiger partial charge in [-0.3, -0.25) is 9.59 Å². The minimum Gasteiger partial charge on any atom is -0.422 e. The first-order valence-corrected chi connectivity index (χ1v) is 10.9. The summed E-state index contributed by atoms with van der Waals surface area (Å²) in [6.07, 6.45) is 1.29. The number of hydrogen-bond acceptors (Lipinski definition) is 5. The predicted molar refractivity (Wildman–Crippen MR) is 129 cm³/mol. The van der Waals surface area contributed by atoms with E-state index in [0.29, 0.717) is 21.3 Å². The SMILES string of the molecule is Cc1ccccc1C(=O)Oc1ccc(Br)cc1/C=N\NC(=O)C(=O)Nc1ccc(Br)cc1. The van der Waals surface area contributed by atoms with E-state index in [2.05, 4.69) is 47.7 Å². The largest absolute Gasteiger partial charge is 0.422 e. The van der Waals surface area contributed by atoms with Crippen LogP contribution in [0, 0.1) is 6.92 Å². The molecule has 0 saturated carbocycles. The summed E-state index contributed by atoms with van der Waals surface area (Å²) in [4.78, 5) is 36.6. The Labute approximate surface area is 201 Å². The second-order valence-corrected chi connectivity index (χ2v) is 8.38. The number of esters is 1. The van der Waals surface area contributed by atoms with Crippen LogP contribution in [0.25, 0.3) is 0 Å². The maximum Gasteiger partial charge on any atom is 0.343 e. The van der Waals surface area contributed by atoms with Crippen molar-refractivity contribution in [2.75, 3.05) is 5.32 Å². The molecule has 0 aliphatic rings. The molecule has 0 atom stereocenters. The molecule has 2 amide bonds. The summed E-state index contributed by atoms with van der Waals surface area (Å²) in [5, 5.41) is 6.28. The van der Waals surface area contributed by atoms with Gasteiger partial charge in [0.15, 0.2) is 0 Å². The fraction of sp³-hybridized carbons (Fsp3) is 0.0435. The number of halogens is 2. The molecule has 0 radical (unpaired) electrons. The Kier molecular flexibility index (Phi) is 7.91. The van der Waals surface area contributed by atoms with Crippen molar-refractivity contribution in [3.63, 3.8) is 0 Å². The standard InChI is InChI=1S/C23H17Br2N3O4/c1-14-4-2-3-5-19(14)23(31)32-20-11-8-17(25)12-15(20)13-26-28-22(30)21(29)27-18-9-6-16(24)7-10-18/h2-13H,1H3,(H,27,29)(H,28,30)/b26-13-. The fourth-order valence-corrected chi connectivity index (χ4v) is 3.25. The van der Waals surface area contributed by atoms with Gasteiger partial charge in [0.05, 0.1) is 11.8 Å². The van der Waals surface area contributed by atoms with Crippen LogP contribution in [0.5, 0.6) is 5.75 Å². The number of rotatable bonds is 5. The van der Waals surface area contributed by atoms with E-state index in [-0.39, 0.29) is 5.75 Å². The Morgan fingerprint density at radius 2 is 1.59 bits per heavy atom. The highest BCUT2D eigenvalue weighted by Crippen LogP contribution is 2.23. The van der Waals surface area contributed by atoms with Crippen molar-refractivity contribution in [3.05, 3.63) is 92.4 Å². The van der Waals surface area contributed by atoms with Gasteiger partial charge in [-0.25, -0.2) is 10.2 Å². The minimum absolute atomic E-state index is 0.249. The molecule has 32 heavy (non-hydrogen) atoms. The Morgan fingerprint density at radius 3 is 2.31 bits per heavy atom. The van der Waals surface area contributed by atoms with Crippen molar-refractivity contribution < 1.29 is 19.1 Å². The quantitative estimate of drug-likeness (QED) is 0.154. The molecule has 0 spiro atoms. The summed E-state index contributed by atoms with van der Waals surface area (Å²) in [5.74, 6) is -2.08. The van der Waals surface area contributed by atoms with Crippen molar-refractivity contribution >= 4 is 61.5 Å². The van der Waals surface area contributed by atoms with Gasteiger partial charge in [-0.2, -0.15) is 5.10 Å². The zero-order valence-corrected chi connectivity index (χ0v) is 19.9. The summed E-state index contributed by atoms with van der Waals surface area (Å²) in [5.41, 5.74) is 4.28. The first kappa shape index (κ1) is 23.4. The molecule has 9 heteroatoms. The summed E-state index contributed by atoms with van der Waals surface area (Å²) < 4.78 is 7.08. The van der Waals surface area contributed by atoms with E-state index in [1.54, 1.807) is 54.6 Å². The molecular formula is C23H17Br2N3O4. The maximum atomic E-state index is 12.5. The predicted octanol–water partition coefficient (Wildman–Crippen LogP) is 4.83. The topological polar surface area (TPSA) is 96.9 Å². The molecule has 0 aromatic heterocycles. The molecular weight excluding hydrogens is 542 g/mol. The van der Waals surface area contributed by atoms with Crippen LogP contribution in [0.1, 0.15) is 21.5 Å². The molecule has 0 aliphatic carbocycles. The summed E-state index contributed by atoms with van der Waals surface area (Å²) >= 11 is 6.64. The normalized spacial score (nSPS) is 10.6. The molecule has 0 aliphatic heterocycles. The van der Waals surface area contributed by atoms with Gasteiger partial charge in [0.1, 0.15) is 5.75 Å². The van der Waals surface area contributed by atoms with Gasteiger partial charge in [-0.05, 0) is 61.0 Å². The smallest absolute Gasteiger partial charge is 0.343 e. The van der Waals surface area contributed by atoms with Crippen molar-refractivity contribution in [3.8, 4) is 5.75 Å². The van der Waals surface area contributed by atoms with Crippen LogP contribution >= 0.6 is 31.9 Å². The highest BCUT2D eigenvalue weighted by molar-refractivity contribution is 9.10. The second kappa shape index (κ2) is 10.8. The van der Waals surface area contributed by atoms with Gasteiger partial charge >= 0.3 is 17.8 Å². The Morgan fingerprint density at radius 1 is 0.906 bits per heavy atom. The molecule has 3 aromatic carbocycles. The first-order valence-electron chi connectivity index (χ1n) is 9.31. The number of benzene rings is 3. The van der Waals surface area contributed by atoms with Gasteiger partial charge in [-0.1, -0.05) is 50.1 Å². The van der Waals surface area contributed by atoms with Crippen LogP contribution in [0.2, 0.25) is 0 Å². The van der Waals surface area contributed by atoms with Crippen LogP contribution in [0.15, 0.2) is 80.8 Å². The summed E-state index contributed by atoms with van der Waals surface area (Å²) in [6.45, 7) is 1.81. The highest BCUT2D eigenvalue weighted by atomic mass is 79.9. The lowest BCUT2D eigenvalue weighted by molar-refractivity contribution is -0.136.